The van der Waals surface area contributed by atoms with Crippen LogP contribution in [-0.2, 0) is 5.41 Å². The molecule has 0 saturated carbocycles. The Morgan fingerprint density at radius 2 is 1.38 bits per heavy atom. The second-order valence-electron chi connectivity index (χ2n) is 11.2. The molecule has 0 radical (unpaired) electrons. The van der Waals surface area contributed by atoms with Gasteiger partial charge in [-0.25, -0.2) is 4.98 Å². The zero-order valence-electron chi connectivity index (χ0n) is 21.4. The molecule has 39 heavy (non-hydrogen) atoms. The van der Waals surface area contributed by atoms with Crippen LogP contribution in [0.5, 0.6) is 0 Å². The number of para-hydroxylation sites is 1. The van der Waals surface area contributed by atoms with Crippen LogP contribution >= 0.6 is 11.3 Å². The van der Waals surface area contributed by atoms with E-state index in [0.29, 0.717) is 0 Å². The Morgan fingerprint density at radius 3 is 2.26 bits per heavy atom. The smallest absolute Gasteiger partial charge is 0.195 e. The zero-order chi connectivity index (χ0) is 26.0. The van der Waals surface area contributed by atoms with Crippen molar-refractivity contribution in [3.05, 3.63) is 119 Å². The second-order valence-corrected chi connectivity index (χ2v) is 12.2. The predicted octanol–water partition coefficient (Wildman–Crippen LogP) is 8.91. The molecule has 2 heterocycles. The zero-order valence-corrected chi connectivity index (χ0v) is 22.3. The summed E-state index contributed by atoms with van der Waals surface area (Å²) in [6.07, 6.45) is 0. The summed E-state index contributed by atoms with van der Waals surface area (Å²) in [4.78, 5) is 18.3. The van der Waals surface area contributed by atoms with Crippen molar-refractivity contribution in [2.45, 2.75) is 19.3 Å². The topological polar surface area (TPSA) is 34.9 Å². The molecule has 0 bridgehead atoms. The lowest BCUT2D eigenvalue weighted by atomic mass is 9.82. The Balaban J connectivity index is 1.33. The molecule has 0 atom stereocenters. The predicted molar refractivity (Wildman–Crippen MR) is 160 cm³/mol. The SMILES string of the molecule is CC1(C)c2ccccc2-c2cc3c4ccccc4n(-c4nc5cc6c(cc5s4)-c4ccccc4C6=O)c3cc21. The summed E-state index contributed by atoms with van der Waals surface area (Å²) in [5.74, 6) is 0.0891. The summed E-state index contributed by atoms with van der Waals surface area (Å²) >= 11 is 1.69. The first kappa shape index (κ1) is 21.4. The summed E-state index contributed by atoms with van der Waals surface area (Å²) in [5.41, 5.74) is 12.1. The van der Waals surface area contributed by atoms with Gasteiger partial charge in [0.05, 0.1) is 21.3 Å². The first-order valence-corrected chi connectivity index (χ1v) is 14.1. The molecule has 9 rings (SSSR count). The standard InChI is InChI=1S/C35H22N2OS/c1-35(2)27-13-7-5-10-20(27)24-15-25-21-11-6-8-14-30(21)37(31(25)18-28(24)35)34-36-29-16-26-23(17-32(29)39-34)19-9-3-4-12-22(19)33(26)38/h3-18H,1-2H3. The lowest BCUT2D eigenvalue weighted by Crippen LogP contribution is -2.14. The maximum Gasteiger partial charge on any atom is 0.195 e. The Labute approximate surface area is 229 Å². The molecule has 5 aromatic carbocycles. The van der Waals surface area contributed by atoms with Crippen LogP contribution in [0.4, 0.5) is 0 Å². The number of carbonyl (C=O) groups is 1. The normalized spacial score (nSPS) is 14.7. The summed E-state index contributed by atoms with van der Waals surface area (Å²) in [7, 11) is 0. The van der Waals surface area contributed by atoms with E-state index >= 15 is 0 Å². The van der Waals surface area contributed by atoms with E-state index in [2.05, 4.69) is 85.1 Å². The van der Waals surface area contributed by atoms with Crippen LogP contribution in [0, 0.1) is 0 Å². The first-order valence-electron chi connectivity index (χ1n) is 13.3. The summed E-state index contributed by atoms with van der Waals surface area (Å²) < 4.78 is 3.41. The van der Waals surface area contributed by atoms with Gasteiger partial charge in [0, 0.05) is 27.3 Å². The molecule has 2 aliphatic rings. The number of ketones is 1. The van der Waals surface area contributed by atoms with Gasteiger partial charge in [-0.05, 0) is 63.7 Å². The number of thiazole rings is 1. The van der Waals surface area contributed by atoms with E-state index < -0.39 is 0 Å². The highest BCUT2D eigenvalue weighted by atomic mass is 32.1. The van der Waals surface area contributed by atoms with E-state index in [0.717, 1.165) is 43.1 Å². The van der Waals surface area contributed by atoms with E-state index in [4.69, 9.17) is 4.98 Å². The van der Waals surface area contributed by atoms with Gasteiger partial charge < -0.3 is 0 Å². The number of carbonyl (C=O) groups excluding carboxylic acids is 1. The third-order valence-electron chi connectivity index (χ3n) is 8.79. The molecule has 184 valence electrons. The Bertz CT molecular complexity index is 2230. The number of nitrogens with zero attached hydrogens (tertiary/aromatic N) is 2. The van der Waals surface area contributed by atoms with Crippen LogP contribution in [0.25, 0.3) is 59.4 Å². The molecule has 7 aromatic rings. The fraction of sp³-hybridized carbons (Fsp3) is 0.0857. The van der Waals surface area contributed by atoms with Crippen molar-refractivity contribution >= 4 is 49.1 Å². The molecule has 0 saturated heterocycles. The summed E-state index contributed by atoms with van der Waals surface area (Å²) in [5, 5.41) is 3.39. The van der Waals surface area contributed by atoms with Gasteiger partial charge in [-0.15, -0.1) is 0 Å². The van der Waals surface area contributed by atoms with Gasteiger partial charge >= 0.3 is 0 Å². The molecule has 4 heteroatoms. The number of rotatable bonds is 1. The van der Waals surface area contributed by atoms with Crippen molar-refractivity contribution < 1.29 is 4.79 Å². The average Bonchev–Trinajstić information content (AvgIpc) is 3.65. The largest absolute Gasteiger partial charge is 0.289 e. The molecular weight excluding hydrogens is 496 g/mol. The highest BCUT2D eigenvalue weighted by molar-refractivity contribution is 7.21. The van der Waals surface area contributed by atoms with Crippen LogP contribution in [0.3, 0.4) is 0 Å². The molecule has 2 aliphatic carbocycles. The van der Waals surface area contributed by atoms with Crippen LogP contribution in [-0.4, -0.2) is 15.3 Å². The molecule has 0 N–H and O–H groups in total. The van der Waals surface area contributed by atoms with Crippen molar-refractivity contribution in [2.75, 3.05) is 0 Å². The molecule has 0 amide bonds. The van der Waals surface area contributed by atoms with Crippen molar-refractivity contribution in [3.63, 3.8) is 0 Å². The van der Waals surface area contributed by atoms with Crippen LogP contribution in [0.15, 0.2) is 97.1 Å². The minimum absolute atomic E-state index is 0.0798. The van der Waals surface area contributed by atoms with Gasteiger partial charge in [0.25, 0.3) is 0 Å². The van der Waals surface area contributed by atoms with Gasteiger partial charge in [0.1, 0.15) is 0 Å². The molecule has 0 aliphatic heterocycles. The maximum absolute atomic E-state index is 13.1. The fourth-order valence-electron chi connectivity index (χ4n) is 6.90. The number of benzene rings is 5. The fourth-order valence-corrected chi connectivity index (χ4v) is 7.91. The maximum atomic E-state index is 13.1. The summed E-state index contributed by atoms with van der Waals surface area (Å²) in [6, 6.07) is 34.2. The third kappa shape index (κ3) is 2.62. The monoisotopic (exact) mass is 518 g/mol. The molecule has 0 unspecified atom stereocenters. The quantitative estimate of drug-likeness (QED) is 0.217. The van der Waals surface area contributed by atoms with E-state index in [1.54, 1.807) is 11.3 Å². The van der Waals surface area contributed by atoms with Crippen LogP contribution < -0.4 is 0 Å². The Kier molecular flexibility index (Phi) is 3.90. The highest BCUT2D eigenvalue weighted by Gasteiger charge is 2.36. The Hall–Kier alpha value is -4.54. The van der Waals surface area contributed by atoms with E-state index in [1.165, 1.54) is 38.5 Å². The molecule has 0 fully saturated rings. The minimum Gasteiger partial charge on any atom is -0.289 e. The second kappa shape index (κ2) is 7.10. The lowest BCUT2D eigenvalue weighted by molar-refractivity contribution is 0.104. The molecule has 2 aromatic heterocycles. The third-order valence-corrected chi connectivity index (χ3v) is 9.79. The average molecular weight is 519 g/mol. The number of hydrogen-bond acceptors (Lipinski definition) is 3. The van der Waals surface area contributed by atoms with E-state index in [-0.39, 0.29) is 11.2 Å². The first-order chi connectivity index (χ1) is 19.0. The number of aromatic nitrogens is 2. The van der Waals surface area contributed by atoms with Gasteiger partial charge in [-0.1, -0.05) is 91.9 Å². The van der Waals surface area contributed by atoms with Crippen molar-refractivity contribution in [2.24, 2.45) is 0 Å². The van der Waals surface area contributed by atoms with Crippen molar-refractivity contribution in [1.29, 1.82) is 0 Å². The van der Waals surface area contributed by atoms with Gasteiger partial charge in [-0.2, -0.15) is 0 Å². The minimum atomic E-state index is -0.0798. The van der Waals surface area contributed by atoms with Gasteiger partial charge in [-0.3, -0.25) is 9.36 Å². The number of hydrogen-bond donors (Lipinski definition) is 0. The highest BCUT2D eigenvalue weighted by Crippen LogP contribution is 2.51. The van der Waals surface area contributed by atoms with Gasteiger partial charge in [0.2, 0.25) is 0 Å². The van der Waals surface area contributed by atoms with E-state index in [9.17, 15) is 4.79 Å². The molecular formula is C35H22N2OS. The van der Waals surface area contributed by atoms with E-state index in [1.807, 2.05) is 30.3 Å². The van der Waals surface area contributed by atoms with Crippen molar-refractivity contribution in [3.8, 4) is 27.4 Å². The van der Waals surface area contributed by atoms with Crippen LogP contribution in [0.1, 0.15) is 40.9 Å². The number of fused-ring (bicyclic) bond motifs is 10. The van der Waals surface area contributed by atoms with Crippen molar-refractivity contribution in [1.82, 2.24) is 9.55 Å². The Morgan fingerprint density at radius 1 is 0.641 bits per heavy atom. The molecule has 3 nitrogen and oxygen atoms in total. The summed E-state index contributed by atoms with van der Waals surface area (Å²) in [6.45, 7) is 4.65. The van der Waals surface area contributed by atoms with Gasteiger partial charge in [0.15, 0.2) is 10.9 Å². The molecule has 0 spiro atoms. The van der Waals surface area contributed by atoms with Crippen LogP contribution in [0.2, 0.25) is 0 Å². The lowest BCUT2D eigenvalue weighted by Gasteiger charge is -2.21.